The summed E-state index contributed by atoms with van der Waals surface area (Å²) in [4.78, 5) is 25.2. The first-order chi connectivity index (χ1) is 9.57. The lowest BCUT2D eigenvalue weighted by Gasteiger charge is -2.21. The molecule has 110 valence electrons. The van der Waals surface area contributed by atoms with Gasteiger partial charge in [-0.05, 0) is 25.1 Å². The predicted octanol–water partition coefficient (Wildman–Crippen LogP) is 1.34. The van der Waals surface area contributed by atoms with Gasteiger partial charge in [-0.15, -0.1) is 0 Å². The van der Waals surface area contributed by atoms with Crippen LogP contribution in [-0.4, -0.2) is 51.2 Å². The average molecular weight is 281 g/mol. The summed E-state index contributed by atoms with van der Waals surface area (Å²) in [7, 11) is 4.28. The van der Waals surface area contributed by atoms with Crippen LogP contribution in [-0.2, 0) is 9.53 Å². The second-order valence-corrected chi connectivity index (χ2v) is 3.96. The summed E-state index contributed by atoms with van der Waals surface area (Å²) < 4.78 is 14.9. The summed E-state index contributed by atoms with van der Waals surface area (Å²) in [6, 6.07) is 4.94. The molecule has 6 heteroatoms. The minimum absolute atomic E-state index is 0.105. The SMILES string of the molecule is CCN(CC(=O)OC)C(=O)c1cc(OC)ccc1OC. The van der Waals surface area contributed by atoms with Gasteiger partial charge in [0.2, 0.25) is 0 Å². The minimum Gasteiger partial charge on any atom is -0.497 e. The number of carbonyl (C=O) groups is 2. The van der Waals surface area contributed by atoms with E-state index < -0.39 is 5.97 Å². The molecule has 0 atom stereocenters. The Morgan fingerprint density at radius 1 is 1.15 bits per heavy atom. The van der Waals surface area contributed by atoms with Crippen LogP contribution < -0.4 is 9.47 Å². The van der Waals surface area contributed by atoms with E-state index in [1.54, 1.807) is 25.1 Å². The van der Waals surface area contributed by atoms with Crippen LogP contribution in [0.4, 0.5) is 0 Å². The Balaban J connectivity index is 3.07. The smallest absolute Gasteiger partial charge is 0.325 e. The van der Waals surface area contributed by atoms with Crippen molar-refractivity contribution in [1.29, 1.82) is 0 Å². The summed E-state index contributed by atoms with van der Waals surface area (Å²) in [6.45, 7) is 2.06. The maximum absolute atomic E-state index is 12.5. The molecule has 1 aromatic carbocycles. The standard InChI is InChI=1S/C14H19NO5/c1-5-15(9-13(16)20-4)14(17)11-8-10(18-2)6-7-12(11)19-3/h6-8H,5,9H2,1-4H3. The third kappa shape index (κ3) is 3.63. The van der Waals surface area contributed by atoms with Crippen LogP contribution in [0.15, 0.2) is 18.2 Å². The van der Waals surface area contributed by atoms with Crippen LogP contribution in [0.3, 0.4) is 0 Å². The zero-order valence-corrected chi connectivity index (χ0v) is 12.1. The molecule has 0 aliphatic carbocycles. The second-order valence-electron chi connectivity index (χ2n) is 3.96. The maximum atomic E-state index is 12.5. The van der Waals surface area contributed by atoms with Crippen molar-refractivity contribution in [3.05, 3.63) is 23.8 Å². The first kappa shape index (κ1) is 15.8. The van der Waals surface area contributed by atoms with Gasteiger partial charge in [0.25, 0.3) is 5.91 Å². The Morgan fingerprint density at radius 3 is 2.35 bits per heavy atom. The third-order valence-electron chi connectivity index (χ3n) is 2.85. The van der Waals surface area contributed by atoms with Crippen molar-refractivity contribution >= 4 is 11.9 Å². The Labute approximate surface area is 118 Å². The third-order valence-corrected chi connectivity index (χ3v) is 2.85. The van der Waals surface area contributed by atoms with Crippen molar-refractivity contribution in [3.63, 3.8) is 0 Å². The van der Waals surface area contributed by atoms with Crippen LogP contribution in [0.5, 0.6) is 11.5 Å². The van der Waals surface area contributed by atoms with Gasteiger partial charge in [0.05, 0.1) is 26.9 Å². The molecule has 0 fully saturated rings. The number of likely N-dealkylation sites (N-methyl/N-ethyl adjacent to an activating group) is 1. The lowest BCUT2D eigenvalue weighted by atomic mass is 10.1. The van der Waals surface area contributed by atoms with Gasteiger partial charge in [-0.1, -0.05) is 0 Å². The largest absolute Gasteiger partial charge is 0.497 e. The molecular weight excluding hydrogens is 262 g/mol. The average Bonchev–Trinajstić information content (AvgIpc) is 2.50. The van der Waals surface area contributed by atoms with E-state index >= 15 is 0 Å². The van der Waals surface area contributed by atoms with E-state index in [0.29, 0.717) is 23.6 Å². The Hall–Kier alpha value is -2.24. The van der Waals surface area contributed by atoms with Crippen LogP contribution in [0, 0.1) is 0 Å². The van der Waals surface area contributed by atoms with Gasteiger partial charge in [0.1, 0.15) is 18.0 Å². The van der Waals surface area contributed by atoms with Gasteiger partial charge in [0, 0.05) is 6.54 Å². The maximum Gasteiger partial charge on any atom is 0.325 e. The van der Waals surface area contributed by atoms with Gasteiger partial charge in [0.15, 0.2) is 0 Å². The number of benzene rings is 1. The Morgan fingerprint density at radius 2 is 1.85 bits per heavy atom. The first-order valence-electron chi connectivity index (χ1n) is 6.15. The number of rotatable bonds is 6. The number of carbonyl (C=O) groups excluding carboxylic acids is 2. The van der Waals surface area contributed by atoms with Gasteiger partial charge in [-0.3, -0.25) is 9.59 Å². The molecule has 0 aliphatic heterocycles. The lowest BCUT2D eigenvalue weighted by Crippen LogP contribution is -2.36. The van der Waals surface area contributed by atoms with Gasteiger partial charge in [-0.25, -0.2) is 0 Å². The van der Waals surface area contributed by atoms with Crippen LogP contribution in [0.1, 0.15) is 17.3 Å². The number of ether oxygens (including phenoxy) is 3. The number of esters is 1. The van der Waals surface area contributed by atoms with Crippen molar-refractivity contribution in [1.82, 2.24) is 4.90 Å². The molecule has 0 aromatic heterocycles. The molecule has 0 heterocycles. The quantitative estimate of drug-likeness (QED) is 0.736. The summed E-state index contributed by atoms with van der Waals surface area (Å²) in [5, 5.41) is 0. The fraction of sp³-hybridized carbons (Fsp3) is 0.429. The van der Waals surface area contributed by atoms with Crippen molar-refractivity contribution in [3.8, 4) is 11.5 Å². The van der Waals surface area contributed by atoms with Gasteiger partial charge >= 0.3 is 5.97 Å². The molecule has 0 radical (unpaired) electrons. The molecule has 6 nitrogen and oxygen atoms in total. The molecule has 20 heavy (non-hydrogen) atoms. The molecule has 1 aromatic rings. The molecule has 0 unspecified atom stereocenters. The van der Waals surface area contributed by atoms with E-state index in [1.165, 1.54) is 26.2 Å². The van der Waals surface area contributed by atoms with Crippen molar-refractivity contribution < 1.29 is 23.8 Å². The molecule has 1 rings (SSSR count). The number of methoxy groups -OCH3 is 3. The topological polar surface area (TPSA) is 65.1 Å². The zero-order valence-electron chi connectivity index (χ0n) is 12.1. The van der Waals surface area contributed by atoms with Crippen molar-refractivity contribution in [2.45, 2.75) is 6.92 Å². The van der Waals surface area contributed by atoms with E-state index in [1.807, 2.05) is 0 Å². The number of hydrogen-bond donors (Lipinski definition) is 0. The fourth-order valence-electron chi connectivity index (χ4n) is 1.70. The van der Waals surface area contributed by atoms with E-state index in [9.17, 15) is 9.59 Å². The van der Waals surface area contributed by atoms with E-state index in [-0.39, 0.29) is 12.5 Å². The highest BCUT2D eigenvalue weighted by Crippen LogP contribution is 2.25. The van der Waals surface area contributed by atoms with Gasteiger partial charge < -0.3 is 19.1 Å². The first-order valence-corrected chi connectivity index (χ1v) is 6.15. The highest BCUT2D eigenvalue weighted by atomic mass is 16.5. The predicted molar refractivity (Wildman–Crippen MR) is 73.1 cm³/mol. The summed E-state index contributed by atoms with van der Waals surface area (Å²) in [5.74, 6) is 0.193. The number of hydrogen-bond acceptors (Lipinski definition) is 5. The second kappa shape index (κ2) is 7.37. The van der Waals surface area contributed by atoms with Crippen molar-refractivity contribution in [2.24, 2.45) is 0 Å². The summed E-state index contributed by atoms with van der Waals surface area (Å²) in [5.41, 5.74) is 0.345. The normalized spacial score (nSPS) is 9.80. The molecule has 0 saturated heterocycles. The fourth-order valence-corrected chi connectivity index (χ4v) is 1.70. The van der Waals surface area contributed by atoms with E-state index in [4.69, 9.17) is 9.47 Å². The Kier molecular flexibility index (Phi) is 5.83. The molecule has 0 N–H and O–H groups in total. The van der Waals surface area contributed by atoms with Crippen molar-refractivity contribution in [2.75, 3.05) is 34.4 Å². The molecule has 1 amide bonds. The summed E-state index contributed by atoms with van der Waals surface area (Å²) >= 11 is 0. The summed E-state index contributed by atoms with van der Waals surface area (Å²) in [6.07, 6.45) is 0. The Bertz CT molecular complexity index is 486. The van der Waals surface area contributed by atoms with Crippen LogP contribution in [0.2, 0.25) is 0 Å². The molecule has 0 bridgehead atoms. The number of amides is 1. The van der Waals surface area contributed by atoms with Gasteiger partial charge in [-0.2, -0.15) is 0 Å². The van der Waals surface area contributed by atoms with E-state index in [0.717, 1.165) is 0 Å². The van der Waals surface area contributed by atoms with Crippen LogP contribution >= 0.6 is 0 Å². The van der Waals surface area contributed by atoms with E-state index in [2.05, 4.69) is 4.74 Å². The van der Waals surface area contributed by atoms with Crippen LogP contribution in [0.25, 0.3) is 0 Å². The monoisotopic (exact) mass is 281 g/mol. The molecule has 0 saturated carbocycles. The zero-order chi connectivity index (χ0) is 15.1. The number of nitrogens with zero attached hydrogens (tertiary/aromatic N) is 1. The highest BCUT2D eigenvalue weighted by Gasteiger charge is 2.21. The lowest BCUT2D eigenvalue weighted by molar-refractivity contribution is -0.141. The molecule has 0 aliphatic rings. The molecular formula is C14H19NO5. The minimum atomic E-state index is -0.470. The highest BCUT2D eigenvalue weighted by molar-refractivity contribution is 5.98. The molecule has 0 spiro atoms.